The van der Waals surface area contributed by atoms with E-state index < -0.39 is 0 Å². The summed E-state index contributed by atoms with van der Waals surface area (Å²) in [6, 6.07) is 0.404. The molecule has 17 heavy (non-hydrogen) atoms. The number of likely N-dealkylation sites (tertiary alicyclic amines) is 1. The topological polar surface area (TPSA) is 41.6 Å². The molecule has 1 amide bonds. The molecule has 2 aliphatic rings. The van der Waals surface area contributed by atoms with Crippen LogP contribution in [0.4, 0.5) is 0 Å². The predicted molar refractivity (Wildman–Crippen MR) is 66.8 cm³/mol. The van der Waals surface area contributed by atoms with E-state index in [1.165, 1.54) is 6.42 Å². The van der Waals surface area contributed by atoms with Gasteiger partial charge in [-0.25, -0.2) is 0 Å². The average molecular weight is 240 g/mol. The standard InChI is InChI=1S/C13H24N2O2/c1-10(2)11-5-3-4-7-15(11)13(16)12-9-14-6-8-17-12/h10-12,14H,3-9H2,1-2H3/t11?,12-/m1/s1. The molecule has 4 nitrogen and oxygen atoms in total. The highest BCUT2D eigenvalue weighted by atomic mass is 16.5. The van der Waals surface area contributed by atoms with Crippen molar-refractivity contribution in [2.45, 2.75) is 45.3 Å². The predicted octanol–water partition coefficient (Wildman–Crippen LogP) is 1.01. The maximum absolute atomic E-state index is 12.4. The van der Waals surface area contributed by atoms with Crippen molar-refractivity contribution in [1.29, 1.82) is 0 Å². The SMILES string of the molecule is CC(C)C1CCCCN1C(=O)[C@H]1CNCCO1. The number of nitrogens with one attached hydrogen (secondary N) is 1. The molecule has 0 aliphatic carbocycles. The smallest absolute Gasteiger partial charge is 0.253 e. The van der Waals surface area contributed by atoms with Crippen molar-refractivity contribution < 1.29 is 9.53 Å². The van der Waals surface area contributed by atoms with Crippen molar-refractivity contribution in [3.05, 3.63) is 0 Å². The molecule has 2 saturated heterocycles. The van der Waals surface area contributed by atoms with Crippen LogP contribution in [0.1, 0.15) is 33.1 Å². The summed E-state index contributed by atoms with van der Waals surface area (Å²) in [5, 5.41) is 3.23. The van der Waals surface area contributed by atoms with Gasteiger partial charge in [-0.05, 0) is 25.2 Å². The van der Waals surface area contributed by atoms with E-state index in [4.69, 9.17) is 4.74 Å². The van der Waals surface area contributed by atoms with Crippen molar-refractivity contribution in [3.8, 4) is 0 Å². The van der Waals surface area contributed by atoms with Crippen LogP contribution in [0.25, 0.3) is 0 Å². The maximum atomic E-state index is 12.4. The number of nitrogens with zero attached hydrogens (tertiary/aromatic N) is 1. The normalized spacial score (nSPS) is 30.6. The van der Waals surface area contributed by atoms with Crippen LogP contribution in [0.2, 0.25) is 0 Å². The molecule has 0 radical (unpaired) electrons. The second-order valence-corrected chi connectivity index (χ2v) is 5.40. The number of hydrogen-bond acceptors (Lipinski definition) is 3. The lowest BCUT2D eigenvalue weighted by Crippen LogP contribution is -2.54. The first-order valence-electron chi connectivity index (χ1n) is 6.83. The Kier molecular flexibility index (Phi) is 4.40. The van der Waals surface area contributed by atoms with E-state index in [2.05, 4.69) is 24.1 Å². The summed E-state index contributed by atoms with van der Waals surface area (Å²) in [5.74, 6) is 0.728. The summed E-state index contributed by atoms with van der Waals surface area (Å²) >= 11 is 0. The monoisotopic (exact) mass is 240 g/mol. The van der Waals surface area contributed by atoms with Crippen LogP contribution in [-0.4, -0.2) is 49.2 Å². The van der Waals surface area contributed by atoms with Gasteiger partial charge < -0.3 is 15.0 Å². The highest BCUT2D eigenvalue weighted by Crippen LogP contribution is 2.24. The molecule has 1 N–H and O–H groups in total. The third-order valence-corrected chi connectivity index (χ3v) is 3.80. The zero-order valence-corrected chi connectivity index (χ0v) is 10.9. The Morgan fingerprint density at radius 1 is 1.41 bits per heavy atom. The fraction of sp³-hybridized carbons (Fsp3) is 0.923. The summed E-state index contributed by atoms with van der Waals surface area (Å²) in [4.78, 5) is 14.5. The molecule has 0 spiro atoms. The zero-order valence-electron chi connectivity index (χ0n) is 10.9. The number of hydrogen-bond donors (Lipinski definition) is 1. The lowest BCUT2D eigenvalue weighted by Gasteiger charge is -2.40. The summed E-state index contributed by atoms with van der Waals surface area (Å²) in [6.45, 7) is 7.49. The Hall–Kier alpha value is -0.610. The zero-order chi connectivity index (χ0) is 12.3. The molecule has 0 aromatic carbocycles. The summed E-state index contributed by atoms with van der Waals surface area (Å²) in [6.07, 6.45) is 3.26. The number of piperidine rings is 1. The van der Waals surface area contributed by atoms with Gasteiger partial charge >= 0.3 is 0 Å². The van der Waals surface area contributed by atoms with Gasteiger partial charge in [-0.15, -0.1) is 0 Å². The molecule has 2 aliphatic heterocycles. The van der Waals surface area contributed by atoms with Gasteiger partial charge in [0.2, 0.25) is 0 Å². The summed E-state index contributed by atoms with van der Waals surface area (Å²) in [7, 11) is 0. The van der Waals surface area contributed by atoms with E-state index in [0.717, 1.165) is 25.9 Å². The third kappa shape index (κ3) is 2.99. The van der Waals surface area contributed by atoms with Crippen LogP contribution >= 0.6 is 0 Å². The van der Waals surface area contributed by atoms with Crippen molar-refractivity contribution in [2.75, 3.05) is 26.2 Å². The molecule has 0 saturated carbocycles. The quantitative estimate of drug-likeness (QED) is 0.783. The summed E-state index contributed by atoms with van der Waals surface area (Å²) < 4.78 is 5.57. The molecular weight excluding hydrogens is 216 g/mol. The van der Waals surface area contributed by atoms with Gasteiger partial charge in [0.05, 0.1) is 6.61 Å². The van der Waals surface area contributed by atoms with E-state index in [1.54, 1.807) is 0 Å². The fourth-order valence-corrected chi connectivity index (χ4v) is 2.83. The summed E-state index contributed by atoms with van der Waals surface area (Å²) in [5.41, 5.74) is 0. The van der Waals surface area contributed by atoms with Gasteiger partial charge in [0.25, 0.3) is 5.91 Å². The molecular formula is C13H24N2O2. The largest absolute Gasteiger partial charge is 0.366 e. The van der Waals surface area contributed by atoms with E-state index in [9.17, 15) is 4.79 Å². The van der Waals surface area contributed by atoms with Gasteiger partial charge in [-0.1, -0.05) is 13.8 Å². The van der Waals surface area contributed by atoms with Crippen LogP contribution in [0.3, 0.4) is 0 Å². The molecule has 2 atom stereocenters. The number of carbonyl (C=O) groups excluding carboxylic acids is 1. The first kappa shape index (κ1) is 12.8. The second kappa shape index (κ2) is 5.83. The lowest BCUT2D eigenvalue weighted by molar-refractivity contribution is -0.150. The first-order valence-corrected chi connectivity index (χ1v) is 6.83. The average Bonchev–Trinajstić information content (AvgIpc) is 2.39. The minimum atomic E-state index is -0.261. The minimum Gasteiger partial charge on any atom is -0.366 e. The van der Waals surface area contributed by atoms with Gasteiger partial charge in [-0.3, -0.25) is 4.79 Å². The minimum absolute atomic E-state index is 0.190. The van der Waals surface area contributed by atoms with Crippen LogP contribution in [0, 0.1) is 5.92 Å². The van der Waals surface area contributed by atoms with E-state index in [0.29, 0.717) is 25.1 Å². The van der Waals surface area contributed by atoms with E-state index in [-0.39, 0.29) is 12.0 Å². The highest BCUT2D eigenvalue weighted by molar-refractivity contribution is 5.81. The van der Waals surface area contributed by atoms with Crippen molar-refractivity contribution in [1.82, 2.24) is 10.2 Å². The number of morpholine rings is 1. The van der Waals surface area contributed by atoms with Crippen molar-refractivity contribution in [3.63, 3.8) is 0 Å². The van der Waals surface area contributed by atoms with Crippen molar-refractivity contribution >= 4 is 5.91 Å². The lowest BCUT2D eigenvalue weighted by atomic mass is 9.92. The highest BCUT2D eigenvalue weighted by Gasteiger charge is 2.33. The Morgan fingerprint density at radius 2 is 2.24 bits per heavy atom. The molecule has 2 heterocycles. The van der Waals surface area contributed by atoms with Crippen LogP contribution in [0.15, 0.2) is 0 Å². The molecule has 4 heteroatoms. The third-order valence-electron chi connectivity index (χ3n) is 3.80. The molecule has 0 aromatic heterocycles. The van der Waals surface area contributed by atoms with Crippen LogP contribution in [-0.2, 0) is 9.53 Å². The molecule has 0 aromatic rings. The Morgan fingerprint density at radius 3 is 2.88 bits per heavy atom. The maximum Gasteiger partial charge on any atom is 0.253 e. The number of amides is 1. The van der Waals surface area contributed by atoms with Gasteiger partial charge in [0.15, 0.2) is 0 Å². The second-order valence-electron chi connectivity index (χ2n) is 5.40. The van der Waals surface area contributed by atoms with Gasteiger partial charge in [-0.2, -0.15) is 0 Å². The molecule has 2 rings (SSSR count). The van der Waals surface area contributed by atoms with Crippen LogP contribution < -0.4 is 5.32 Å². The number of ether oxygens (including phenoxy) is 1. The Bertz CT molecular complexity index is 262. The van der Waals surface area contributed by atoms with E-state index in [1.807, 2.05) is 0 Å². The van der Waals surface area contributed by atoms with Gasteiger partial charge in [0, 0.05) is 25.7 Å². The molecule has 98 valence electrons. The van der Waals surface area contributed by atoms with Gasteiger partial charge in [0.1, 0.15) is 6.10 Å². The van der Waals surface area contributed by atoms with E-state index >= 15 is 0 Å². The Balaban J connectivity index is 1.99. The molecule has 1 unspecified atom stereocenters. The Labute approximate surface area is 104 Å². The number of carbonyl (C=O) groups is 1. The van der Waals surface area contributed by atoms with Crippen molar-refractivity contribution in [2.24, 2.45) is 5.92 Å². The van der Waals surface area contributed by atoms with Crippen LogP contribution in [0.5, 0.6) is 0 Å². The molecule has 2 fully saturated rings. The molecule has 0 bridgehead atoms. The number of rotatable bonds is 2. The first-order chi connectivity index (χ1) is 8.20. The fourth-order valence-electron chi connectivity index (χ4n) is 2.83.